The van der Waals surface area contributed by atoms with Crippen molar-refractivity contribution < 1.29 is 31.5 Å². The van der Waals surface area contributed by atoms with Crippen LogP contribution >= 0.6 is 11.6 Å². The van der Waals surface area contributed by atoms with Gasteiger partial charge in [-0.05, 0) is 43.0 Å². The SMILES string of the molecule is CS(=O)(=O)N1CCc2c(c(-c3ccc(C(F)(F)F)cc3)nn2CC(O)CN2CCC(N3C(=O)CCc4cccc(Cl)c43)CC2)C1. The van der Waals surface area contributed by atoms with E-state index >= 15 is 0 Å². The number of alkyl halides is 3. The molecule has 2 aromatic carbocycles. The van der Waals surface area contributed by atoms with E-state index in [0.29, 0.717) is 60.7 Å². The van der Waals surface area contributed by atoms with E-state index < -0.39 is 27.9 Å². The summed E-state index contributed by atoms with van der Waals surface area (Å²) in [4.78, 5) is 17.0. The molecule has 0 aliphatic carbocycles. The Morgan fingerprint density at radius 2 is 1.73 bits per heavy atom. The number of fused-ring (bicyclic) bond motifs is 2. The number of nitrogens with zero attached hydrogens (tertiary/aromatic N) is 5. The van der Waals surface area contributed by atoms with Crippen molar-refractivity contribution >= 4 is 33.2 Å². The molecule has 1 N–H and O–H groups in total. The molecule has 0 radical (unpaired) electrons. The molecule has 4 heterocycles. The maximum absolute atomic E-state index is 13.2. The molecule has 0 spiro atoms. The molecular weight excluding hydrogens is 631 g/mol. The number of aryl methyl sites for hydroxylation is 1. The van der Waals surface area contributed by atoms with Crippen molar-refractivity contribution in [2.75, 3.05) is 37.3 Å². The molecule has 14 heteroatoms. The van der Waals surface area contributed by atoms with Gasteiger partial charge in [-0.25, -0.2) is 8.42 Å². The number of halogens is 4. The van der Waals surface area contributed by atoms with E-state index in [2.05, 4.69) is 4.90 Å². The van der Waals surface area contributed by atoms with Crippen molar-refractivity contribution in [2.24, 2.45) is 0 Å². The summed E-state index contributed by atoms with van der Waals surface area (Å²) in [5.74, 6) is 0.0795. The maximum Gasteiger partial charge on any atom is 0.416 e. The first-order valence-corrected chi connectivity index (χ1v) is 17.2. The molecule has 1 fully saturated rings. The summed E-state index contributed by atoms with van der Waals surface area (Å²) in [6.45, 7) is 2.19. The average molecular weight is 666 g/mol. The van der Waals surface area contributed by atoms with E-state index in [4.69, 9.17) is 16.7 Å². The summed E-state index contributed by atoms with van der Waals surface area (Å²) < 4.78 is 67.2. The molecule has 45 heavy (non-hydrogen) atoms. The zero-order valence-corrected chi connectivity index (χ0v) is 26.4. The van der Waals surface area contributed by atoms with Crippen LogP contribution in [0.15, 0.2) is 42.5 Å². The second-order valence-electron chi connectivity index (χ2n) is 12.1. The summed E-state index contributed by atoms with van der Waals surface area (Å²) in [7, 11) is -3.50. The van der Waals surface area contributed by atoms with Gasteiger partial charge in [-0.15, -0.1) is 0 Å². The quantitative estimate of drug-likeness (QED) is 0.403. The first kappa shape index (κ1) is 32.0. The third-order valence-corrected chi connectivity index (χ3v) is 10.6. The molecule has 6 rings (SSSR count). The number of sulfonamides is 1. The van der Waals surface area contributed by atoms with Gasteiger partial charge in [-0.1, -0.05) is 35.9 Å². The fourth-order valence-corrected chi connectivity index (χ4v) is 7.84. The zero-order valence-electron chi connectivity index (χ0n) is 24.8. The monoisotopic (exact) mass is 665 g/mol. The fraction of sp³-hybridized carbons (Fsp3) is 0.484. The zero-order chi connectivity index (χ0) is 32.1. The Kier molecular flexibility index (Phi) is 8.76. The van der Waals surface area contributed by atoms with Gasteiger partial charge < -0.3 is 14.9 Å². The Hall–Kier alpha value is -2.97. The molecule has 1 atom stereocenters. The molecule has 242 valence electrons. The molecule has 0 bridgehead atoms. The van der Waals surface area contributed by atoms with Gasteiger partial charge in [0.25, 0.3) is 0 Å². The third kappa shape index (κ3) is 6.64. The lowest BCUT2D eigenvalue weighted by molar-refractivity contribution is -0.137. The highest BCUT2D eigenvalue weighted by atomic mass is 35.5. The van der Waals surface area contributed by atoms with Crippen LogP contribution < -0.4 is 4.90 Å². The van der Waals surface area contributed by atoms with Gasteiger partial charge in [-0.2, -0.15) is 22.6 Å². The van der Waals surface area contributed by atoms with E-state index in [1.54, 1.807) is 4.68 Å². The number of rotatable bonds is 7. The van der Waals surface area contributed by atoms with Crippen LogP contribution in [-0.2, 0) is 46.9 Å². The standard InChI is InChI=1S/C31H35ClF3N5O4S/c1-45(43,44)38-16-13-27-25(19-38)29(20-5-8-22(9-6-20)31(33,34)35)36-39(27)18-24(41)17-37-14-11-23(12-15-37)40-28(42)10-7-21-3-2-4-26(32)30(21)40/h2-6,8-9,23-24,41H,7,10-19H2,1H3. The highest BCUT2D eigenvalue weighted by molar-refractivity contribution is 7.88. The van der Waals surface area contributed by atoms with Crippen LogP contribution in [0.2, 0.25) is 5.02 Å². The van der Waals surface area contributed by atoms with Gasteiger partial charge in [0.15, 0.2) is 0 Å². The predicted molar refractivity (Wildman–Crippen MR) is 164 cm³/mol. The normalized spacial score (nSPS) is 19.4. The molecule has 9 nitrogen and oxygen atoms in total. The van der Waals surface area contributed by atoms with Crippen molar-refractivity contribution in [3.8, 4) is 11.3 Å². The Balaban J connectivity index is 1.16. The summed E-state index contributed by atoms with van der Waals surface area (Å²) in [6.07, 6.45) is -1.19. The lowest BCUT2D eigenvalue weighted by Crippen LogP contribution is -2.50. The van der Waals surface area contributed by atoms with Crippen LogP contribution in [0.25, 0.3) is 11.3 Å². The van der Waals surface area contributed by atoms with Crippen molar-refractivity contribution in [3.05, 3.63) is 69.9 Å². The van der Waals surface area contributed by atoms with Gasteiger partial charge in [0.05, 0.1) is 40.9 Å². The molecular formula is C31H35ClF3N5O4S. The highest BCUT2D eigenvalue weighted by Crippen LogP contribution is 2.38. The van der Waals surface area contributed by atoms with E-state index in [1.807, 2.05) is 23.1 Å². The number of carbonyl (C=O) groups is 1. The van der Waals surface area contributed by atoms with Crippen molar-refractivity contribution in [1.82, 2.24) is 19.0 Å². The van der Waals surface area contributed by atoms with Gasteiger partial charge in [0.1, 0.15) is 0 Å². The fourth-order valence-electron chi connectivity index (χ4n) is 6.77. The minimum Gasteiger partial charge on any atom is -0.390 e. The molecule has 3 aliphatic heterocycles. The molecule has 0 saturated carbocycles. The van der Waals surface area contributed by atoms with Crippen LogP contribution in [0.4, 0.5) is 18.9 Å². The van der Waals surface area contributed by atoms with Gasteiger partial charge in [0.2, 0.25) is 15.9 Å². The number of β-amino-alcohol motifs (C(OH)–C–C–N with tert-alkyl or cyclic N) is 1. The number of hydrogen-bond acceptors (Lipinski definition) is 6. The number of piperidine rings is 1. The highest BCUT2D eigenvalue weighted by Gasteiger charge is 2.35. The number of hydrogen-bond donors (Lipinski definition) is 1. The molecule has 3 aliphatic rings. The van der Waals surface area contributed by atoms with E-state index in [0.717, 1.165) is 48.2 Å². The number of aliphatic hydroxyl groups excluding tert-OH is 1. The van der Waals surface area contributed by atoms with E-state index in [1.165, 1.54) is 16.4 Å². The van der Waals surface area contributed by atoms with Crippen LogP contribution in [0.3, 0.4) is 0 Å². The van der Waals surface area contributed by atoms with Gasteiger partial charge in [0, 0.05) is 68.4 Å². The molecule has 3 aromatic rings. The summed E-state index contributed by atoms with van der Waals surface area (Å²) in [6, 6.07) is 10.4. The van der Waals surface area contributed by atoms with Crippen molar-refractivity contribution in [2.45, 2.75) is 63.5 Å². The van der Waals surface area contributed by atoms with Crippen LogP contribution in [0, 0.1) is 0 Å². The third-order valence-electron chi connectivity index (χ3n) is 9.02. The first-order chi connectivity index (χ1) is 21.3. The predicted octanol–water partition coefficient (Wildman–Crippen LogP) is 4.34. The molecule has 1 saturated heterocycles. The first-order valence-electron chi connectivity index (χ1n) is 15.0. The average Bonchev–Trinajstić information content (AvgIpc) is 3.34. The number of aliphatic hydroxyl groups is 1. The van der Waals surface area contributed by atoms with Gasteiger partial charge in [-0.3, -0.25) is 9.48 Å². The number of benzene rings is 2. The Morgan fingerprint density at radius 3 is 2.40 bits per heavy atom. The van der Waals surface area contributed by atoms with E-state index in [9.17, 15) is 31.5 Å². The van der Waals surface area contributed by atoms with Crippen LogP contribution in [0.5, 0.6) is 0 Å². The number of carbonyl (C=O) groups excluding carboxylic acids is 1. The van der Waals surface area contributed by atoms with Crippen molar-refractivity contribution in [3.63, 3.8) is 0 Å². The minimum atomic E-state index is -4.48. The second-order valence-corrected chi connectivity index (χ2v) is 14.5. The summed E-state index contributed by atoms with van der Waals surface area (Å²) in [5.41, 5.74) is 3.36. The molecule has 1 aromatic heterocycles. The largest absolute Gasteiger partial charge is 0.416 e. The Morgan fingerprint density at radius 1 is 1.02 bits per heavy atom. The minimum absolute atomic E-state index is 0.0204. The lowest BCUT2D eigenvalue weighted by Gasteiger charge is -2.41. The number of anilines is 1. The number of amides is 1. The van der Waals surface area contributed by atoms with E-state index in [-0.39, 0.29) is 31.6 Å². The Labute approximate surface area is 265 Å². The maximum atomic E-state index is 13.2. The lowest BCUT2D eigenvalue weighted by atomic mass is 9.95. The molecule has 1 unspecified atom stereocenters. The van der Waals surface area contributed by atoms with Crippen LogP contribution in [-0.4, -0.2) is 83.0 Å². The van der Waals surface area contributed by atoms with Gasteiger partial charge >= 0.3 is 6.18 Å². The smallest absolute Gasteiger partial charge is 0.390 e. The topological polar surface area (TPSA) is 99.0 Å². The summed E-state index contributed by atoms with van der Waals surface area (Å²) >= 11 is 6.52. The van der Waals surface area contributed by atoms with Crippen molar-refractivity contribution in [1.29, 1.82) is 0 Å². The number of likely N-dealkylation sites (tertiary alicyclic amines) is 1. The molecule has 1 amide bonds. The Bertz CT molecular complexity index is 1690. The second kappa shape index (κ2) is 12.3. The van der Waals surface area contributed by atoms with Crippen LogP contribution in [0.1, 0.15) is 41.6 Å². The summed E-state index contributed by atoms with van der Waals surface area (Å²) in [5, 5.41) is 16.4. The number of aromatic nitrogens is 2. The number of para-hydroxylation sites is 1.